The van der Waals surface area contributed by atoms with Crippen LogP contribution in [-0.4, -0.2) is 54.2 Å². The van der Waals surface area contributed by atoms with Crippen LogP contribution in [0.3, 0.4) is 0 Å². The normalized spacial score (nSPS) is 13.4. The zero-order valence-corrected chi connectivity index (χ0v) is 17.6. The van der Waals surface area contributed by atoms with E-state index in [1.165, 1.54) is 19.2 Å². The topological polar surface area (TPSA) is 95.9 Å². The number of hydrogen-bond acceptors (Lipinski definition) is 4. The summed E-state index contributed by atoms with van der Waals surface area (Å²) in [6, 6.07) is 15.3. The Morgan fingerprint density at radius 3 is 2.23 bits per heavy atom. The Balaban J connectivity index is 1.51. The van der Waals surface area contributed by atoms with E-state index in [9.17, 15) is 14.4 Å². The third-order valence-corrected chi connectivity index (χ3v) is 5.46. The summed E-state index contributed by atoms with van der Waals surface area (Å²) in [5.41, 5.74) is 4.58. The van der Waals surface area contributed by atoms with Crippen molar-refractivity contribution in [3.63, 3.8) is 0 Å². The van der Waals surface area contributed by atoms with Gasteiger partial charge in [-0.15, -0.1) is 0 Å². The fraction of sp³-hybridized carbons (Fsp3) is 0.292. The first-order valence-electron chi connectivity index (χ1n) is 10.2. The molecular weight excluding hydrogens is 396 g/mol. The molecule has 3 rings (SSSR count). The van der Waals surface area contributed by atoms with Crippen molar-refractivity contribution in [2.45, 2.75) is 25.3 Å². The van der Waals surface area contributed by atoms with Crippen molar-refractivity contribution >= 4 is 18.0 Å². The highest BCUT2D eigenvalue weighted by Gasteiger charge is 2.29. The van der Waals surface area contributed by atoms with E-state index in [-0.39, 0.29) is 19.1 Å². The molecule has 2 amide bonds. The molecule has 0 aliphatic heterocycles. The van der Waals surface area contributed by atoms with Crippen molar-refractivity contribution in [2.75, 3.05) is 20.2 Å². The average Bonchev–Trinajstić information content (AvgIpc) is 3.09. The number of carboxylic acid groups (broad SMARTS) is 1. The van der Waals surface area contributed by atoms with Gasteiger partial charge in [-0.05, 0) is 28.7 Å². The van der Waals surface area contributed by atoms with Gasteiger partial charge in [-0.2, -0.15) is 0 Å². The maximum absolute atomic E-state index is 12.1. The minimum absolute atomic E-state index is 0.0223. The largest absolute Gasteiger partial charge is 0.480 e. The predicted octanol–water partition coefficient (Wildman–Crippen LogP) is 3.40. The lowest BCUT2D eigenvalue weighted by atomic mass is 9.98. The molecule has 31 heavy (non-hydrogen) atoms. The van der Waals surface area contributed by atoms with Crippen LogP contribution >= 0.6 is 0 Å². The number of carbonyl (C=O) groups is 3. The molecule has 1 aliphatic carbocycles. The van der Waals surface area contributed by atoms with Gasteiger partial charge in [-0.1, -0.05) is 61.5 Å². The molecule has 2 N–H and O–H groups in total. The molecule has 1 aliphatic rings. The van der Waals surface area contributed by atoms with E-state index >= 15 is 0 Å². The lowest BCUT2D eigenvalue weighted by Gasteiger charge is -2.22. The summed E-state index contributed by atoms with van der Waals surface area (Å²) < 4.78 is 5.42. The highest BCUT2D eigenvalue weighted by molar-refractivity contribution is 5.91. The third-order valence-electron chi connectivity index (χ3n) is 5.46. The Labute approximate surface area is 181 Å². The first kappa shape index (κ1) is 22.1. The summed E-state index contributed by atoms with van der Waals surface area (Å²) in [5, 5.41) is 11.7. The second-order valence-corrected chi connectivity index (χ2v) is 7.32. The molecule has 1 atom stereocenters. The molecule has 0 spiro atoms. The number of fused-ring (bicyclic) bond motifs is 3. The smallest absolute Gasteiger partial charge is 0.407 e. The number of carboxylic acids is 1. The zero-order chi connectivity index (χ0) is 22.4. The molecule has 0 fully saturated rings. The van der Waals surface area contributed by atoms with Gasteiger partial charge in [-0.3, -0.25) is 4.79 Å². The molecule has 0 bridgehead atoms. The standard InChI is InChI=1S/C24H26N2O5/c1-3-21(23(28)29)26(2)22(27)13-8-14-25-24(30)31-15-20-18-11-6-4-9-16(18)17-10-5-7-12-19(17)20/h4-13,20-21H,3,14-15H2,1-2H3,(H,25,30)(H,28,29)/b13-8+. The van der Waals surface area contributed by atoms with Crippen molar-refractivity contribution in [1.29, 1.82) is 0 Å². The van der Waals surface area contributed by atoms with Crippen LogP contribution in [0.2, 0.25) is 0 Å². The number of benzene rings is 2. The fourth-order valence-electron chi connectivity index (χ4n) is 3.84. The van der Waals surface area contributed by atoms with E-state index < -0.39 is 24.0 Å². The minimum atomic E-state index is -1.05. The van der Waals surface area contributed by atoms with E-state index in [4.69, 9.17) is 9.84 Å². The Bertz CT molecular complexity index is 955. The molecule has 0 saturated heterocycles. The third kappa shape index (κ3) is 4.94. The predicted molar refractivity (Wildman–Crippen MR) is 117 cm³/mol. The van der Waals surface area contributed by atoms with Crippen LogP contribution in [0.5, 0.6) is 0 Å². The Morgan fingerprint density at radius 1 is 1.10 bits per heavy atom. The molecule has 0 heterocycles. The molecule has 7 nitrogen and oxygen atoms in total. The number of likely N-dealkylation sites (N-methyl/N-ethyl adjacent to an activating group) is 1. The van der Waals surface area contributed by atoms with Gasteiger partial charge in [0.05, 0.1) is 0 Å². The summed E-state index contributed by atoms with van der Waals surface area (Å²) in [6.45, 7) is 2.01. The van der Waals surface area contributed by atoms with Gasteiger partial charge in [-0.25, -0.2) is 9.59 Å². The molecule has 7 heteroatoms. The number of ether oxygens (including phenoxy) is 1. The number of rotatable bonds is 8. The van der Waals surface area contributed by atoms with Crippen LogP contribution < -0.4 is 5.32 Å². The maximum Gasteiger partial charge on any atom is 0.407 e. The number of hydrogen-bond donors (Lipinski definition) is 2. The molecule has 0 aromatic heterocycles. The second kappa shape index (κ2) is 9.93. The summed E-state index contributed by atoms with van der Waals surface area (Å²) in [5.74, 6) is -1.52. The van der Waals surface area contributed by atoms with Crippen molar-refractivity contribution in [2.24, 2.45) is 0 Å². The molecule has 2 aromatic carbocycles. The van der Waals surface area contributed by atoms with Gasteiger partial charge in [0.2, 0.25) is 5.91 Å². The van der Waals surface area contributed by atoms with E-state index in [0.717, 1.165) is 27.2 Å². The van der Waals surface area contributed by atoms with Crippen molar-refractivity contribution in [3.05, 3.63) is 71.8 Å². The number of carbonyl (C=O) groups excluding carboxylic acids is 2. The van der Waals surface area contributed by atoms with Crippen LogP contribution in [0.25, 0.3) is 11.1 Å². The van der Waals surface area contributed by atoms with Gasteiger partial charge in [0.15, 0.2) is 0 Å². The van der Waals surface area contributed by atoms with E-state index in [2.05, 4.69) is 17.4 Å². The van der Waals surface area contributed by atoms with Gasteiger partial charge < -0.3 is 20.1 Å². The van der Waals surface area contributed by atoms with Gasteiger partial charge in [0.25, 0.3) is 0 Å². The monoisotopic (exact) mass is 422 g/mol. The first-order valence-corrected chi connectivity index (χ1v) is 10.2. The molecule has 0 saturated carbocycles. The van der Waals surface area contributed by atoms with Crippen molar-refractivity contribution < 1.29 is 24.2 Å². The van der Waals surface area contributed by atoms with E-state index in [1.807, 2.05) is 36.4 Å². The lowest BCUT2D eigenvalue weighted by Crippen LogP contribution is -2.41. The summed E-state index contributed by atoms with van der Waals surface area (Å²) in [4.78, 5) is 36.5. The second-order valence-electron chi connectivity index (χ2n) is 7.32. The Morgan fingerprint density at radius 2 is 1.68 bits per heavy atom. The Hall–Kier alpha value is -3.61. The average molecular weight is 422 g/mol. The summed E-state index contributed by atoms with van der Waals surface area (Å²) in [6.07, 6.45) is 2.44. The summed E-state index contributed by atoms with van der Waals surface area (Å²) >= 11 is 0. The molecule has 0 radical (unpaired) electrons. The van der Waals surface area contributed by atoms with Crippen molar-refractivity contribution in [3.8, 4) is 11.1 Å². The molecule has 1 unspecified atom stereocenters. The highest BCUT2D eigenvalue weighted by atomic mass is 16.5. The Kier molecular flexibility index (Phi) is 7.07. The van der Waals surface area contributed by atoms with Crippen LogP contribution in [0, 0.1) is 0 Å². The van der Waals surface area contributed by atoms with Crippen LogP contribution in [-0.2, 0) is 14.3 Å². The number of nitrogens with one attached hydrogen (secondary N) is 1. The van der Waals surface area contributed by atoms with Gasteiger partial charge >= 0.3 is 12.1 Å². The number of aliphatic carboxylic acids is 1. The molecule has 2 aromatic rings. The SMILES string of the molecule is CCC(C(=O)O)N(C)C(=O)/C=C/CNC(=O)OCC1c2ccccc2-c2ccccc21. The molecular formula is C24H26N2O5. The first-order chi connectivity index (χ1) is 14.9. The van der Waals surface area contributed by atoms with E-state index in [0.29, 0.717) is 6.42 Å². The van der Waals surface area contributed by atoms with E-state index in [1.54, 1.807) is 6.92 Å². The van der Waals surface area contributed by atoms with Crippen LogP contribution in [0.4, 0.5) is 4.79 Å². The minimum Gasteiger partial charge on any atom is -0.480 e. The zero-order valence-electron chi connectivity index (χ0n) is 17.6. The quantitative estimate of drug-likeness (QED) is 0.636. The maximum atomic E-state index is 12.1. The number of nitrogens with zero attached hydrogens (tertiary/aromatic N) is 1. The van der Waals surface area contributed by atoms with Crippen LogP contribution in [0.15, 0.2) is 60.7 Å². The van der Waals surface area contributed by atoms with Gasteiger partial charge in [0, 0.05) is 25.6 Å². The number of amides is 2. The van der Waals surface area contributed by atoms with Crippen molar-refractivity contribution in [1.82, 2.24) is 10.2 Å². The fourth-order valence-corrected chi connectivity index (χ4v) is 3.84. The number of alkyl carbamates (subject to hydrolysis) is 1. The molecule has 162 valence electrons. The highest BCUT2D eigenvalue weighted by Crippen LogP contribution is 2.44. The van der Waals surface area contributed by atoms with Gasteiger partial charge in [0.1, 0.15) is 12.6 Å². The van der Waals surface area contributed by atoms with Crippen LogP contribution in [0.1, 0.15) is 30.4 Å². The lowest BCUT2D eigenvalue weighted by molar-refractivity contribution is -0.147. The summed E-state index contributed by atoms with van der Waals surface area (Å²) in [7, 11) is 1.44.